The highest BCUT2D eigenvalue weighted by atomic mass is 19.4. The number of hydrogen-bond donors (Lipinski definition) is 0. The van der Waals surface area contributed by atoms with Crippen molar-refractivity contribution in [3.8, 4) is 6.07 Å². The number of ketones is 1. The molecule has 0 aliphatic rings. The summed E-state index contributed by atoms with van der Waals surface area (Å²) in [4.78, 5) is 12.2. The Morgan fingerprint density at radius 2 is 2.05 bits per heavy atom. The number of aryl methyl sites for hydroxylation is 1. The monoisotopic (exact) mass is 293 g/mol. The summed E-state index contributed by atoms with van der Waals surface area (Å²) in [6, 6.07) is 7.47. The second-order valence-electron chi connectivity index (χ2n) is 4.48. The average Bonchev–Trinajstić information content (AvgIpc) is 2.85. The molecule has 0 saturated heterocycles. The molecule has 0 spiro atoms. The predicted molar refractivity (Wildman–Crippen MR) is 67.6 cm³/mol. The van der Waals surface area contributed by atoms with E-state index < -0.39 is 23.4 Å². The van der Waals surface area contributed by atoms with Crippen LogP contribution in [0.5, 0.6) is 0 Å². The zero-order valence-corrected chi connectivity index (χ0v) is 10.9. The summed E-state index contributed by atoms with van der Waals surface area (Å²) in [5.74, 6) is -2.00. The van der Waals surface area contributed by atoms with Crippen LogP contribution in [0.2, 0.25) is 0 Å². The highest BCUT2D eigenvalue weighted by Gasteiger charge is 2.32. The first-order valence-electron chi connectivity index (χ1n) is 5.99. The molecule has 3 nitrogen and oxygen atoms in total. The van der Waals surface area contributed by atoms with Crippen LogP contribution < -0.4 is 0 Å². The number of Topliss-reactive ketones (excluding diaryl/α,β-unsaturated/α-hetero) is 1. The number of nitrogens with zero attached hydrogens (tertiary/aromatic N) is 1. The van der Waals surface area contributed by atoms with Crippen LogP contribution >= 0.6 is 0 Å². The molecule has 1 heterocycles. The number of halogens is 3. The summed E-state index contributed by atoms with van der Waals surface area (Å²) in [5, 5.41) is 9.14. The third kappa shape index (κ3) is 2.97. The molecule has 0 saturated carbocycles. The van der Waals surface area contributed by atoms with Crippen molar-refractivity contribution >= 4 is 5.78 Å². The van der Waals surface area contributed by atoms with Crippen molar-refractivity contribution in [1.29, 1.82) is 5.26 Å². The first-order valence-corrected chi connectivity index (χ1v) is 5.99. The molecule has 1 aromatic carbocycles. The van der Waals surface area contributed by atoms with E-state index in [1.165, 1.54) is 18.4 Å². The molecule has 21 heavy (non-hydrogen) atoms. The highest BCUT2D eigenvalue weighted by molar-refractivity contribution is 6.01. The van der Waals surface area contributed by atoms with Crippen molar-refractivity contribution in [2.45, 2.75) is 19.0 Å². The fourth-order valence-corrected chi connectivity index (χ4v) is 1.94. The lowest BCUT2D eigenvalue weighted by Gasteiger charge is -2.11. The topological polar surface area (TPSA) is 54.0 Å². The summed E-state index contributed by atoms with van der Waals surface area (Å²) in [7, 11) is 0. The summed E-state index contributed by atoms with van der Waals surface area (Å²) in [6.07, 6.45) is -3.23. The van der Waals surface area contributed by atoms with Crippen LogP contribution in [0.4, 0.5) is 13.2 Å². The Morgan fingerprint density at radius 3 is 2.57 bits per heavy atom. The number of furan rings is 1. The Kier molecular flexibility index (Phi) is 3.85. The minimum Gasteiger partial charge on any atom is -0.461 e. The van der Waals surface area contributed by atoms with Crippen LogP contribution in [0, 0.1) is 18.3 Å². The molecule has 0 bridgehead atoms. The molecule has 0 aliphatic heterocycles. The van der Waals surface area contributed by atoms with Gasteiger partial charge in [-0.1, -0.05) is 18.2 Å². The number of carbonyl (C=O) groups is 1. The molecule has 1 unspecified atom stereocenters. The molecule has 1 atom stereocenters. The first kappa shape index (κ1) is 14.9. The summed E-state index contributed by atoms with van der Waals surface area (Å²) in [5.41, 5.74) is -0.371. The van der Waals surface area contributed by atoms with Crippen molar-refractivity contribution in [2.24, 2.45) is 0 Å². The van der Waals surface area contributed by atoms with E-state index in [0.29, 0.717) is 5.56 Å². The van der Waals surface area contributed by atoms with Crippen LogP contribution in [0.25, 0.3) is 0 Å². The SMILES string of the molecule is Cc1ccoc1C(=O)C(C#N)c1cccc(C(F)(F)F)c1. The number of rotatable bonds is 3. The molecule has 0 fully saturated rings. The van der Waals surface area contributed by atoms with Crippen LogP contribution in [-0.2, 0) is 6.18 Å². The lowest BCUT2D eigenvalue weighted by Crippen LogP contribution is -2.13. The van der Waals surface area contributed by atoms with Crippen molar-refractivity contribution in [1.82, 2.24) is 0 Å². The van der Waals surface area contributed by atoms with Crippen molar-refractivity contribution < 1.29 is 22.4 Å². The van der Waals surface area contributed by atoms with E-state index in [-0.39, 0.29) is 11.3 Å². The van der Waals surface area contributed by atoms with Gasteiger partial charge in [-0.2, -0.15) is 18.4 Å². The van der Waals surface area contributed by atoms with Gasteiger partial charge in [-0.3, -0.25) is 4.79 Å². The van der Waals surface area contributed by atoms with Gasteiger partial charge in [-0.15, -0.1) is 0 Å². The maximum absolute atomic E-state index is 12.7. The van der Waals surface area contributed by atoms with E-state index >= 15 is 0 Å². The van der Waals surface area contributed by atoms with Gasteiger partial charge in [-0.25, -0.2) is 0 Å². The maximum atomic E-state index is 12.7. The van der Waals surface area contributed by atoms with E-state index in [1.807, 2.05) is 0 Å². The molecule has 6 heteroatoms. The smallest absolute Gasteiger partial charge is 0.416 e. The Balaban J connectivity index is 2.42. The molecule has 2 aromatic rings. The number of benzene rings is 1. The zero-order chi connectivity index (χ0) is 15.6. The number of alkyl halides is 3. The second-order valence-corrected chi connectivity index (χ2v) is 4.48. The normalized spacial score (nSPS) is 12.7. The van der Waals surface area contributed by atoms with E-state index in [1.54, 1.807) is 19.1 Å². The Labute approximate surface area is 118 Å². The zero-order valence-electron chi connectivity index (χ0n) is 10.9. The summed E-state index contributed by atoms with van der Waals surface area (Å²) >= 11 is 0. The van der Waals surface area contributed by atoms with Gasteiger partial charge in [0, 0.05) is 0 Å². The van der Waals surface area contributed by atoms with Crippen LogP contribution in [0.15, 0.2) is 41.0 Å². The number of carbonyl (C=O) groups excluding carboxylic acids is 1. The molecule has 1 aromatic heterocycles. The minimum atomic E-state index is -4.53. The number of nitriles is 1. The fourth-order valence-electron chi connectivity index (χ4n) is 1.94. The molecule has 0 aliphatic carbocycles. The predicted octanol–water partition coefficient (Wildman–Crippen LogP) is 4.10. The summed E-state index contributed by atoms with van der Waals surface area (Å²) in [6.45, 7) is 1.62. The van der Waals surface area contributed by atoms with Crippen LogP contribution in [0.3, 0.4) is 0 Å². The van der Waals surface area contributed by atoms with E-state index in [9.17, 15) is 18.0 Å². The first-order chi connectivity index (χ1) is 9.84. The maximum Gasteiger partial charge on any atom is 0.416 e. The highest BCUT2D eigenvalue weighted by Crippen LogP contribution is 2.32. The molecular weight excluding hydrogens is 283 g/mol. The summed E-state index contributed by atoms with van der Waals surface area (Å²) < 4.78 is 43.1. The van der Waals surface area contributed by atoms with Gasteiger partial charge in [-0.05, 0) is 30.2 Å². The molecule has 108 valence electrons. The van der Waals surface area contributed by atoms with Crippen molar-refractivity contribution in [2.75, 3.05) is 0 Å². The van der Waals surface area contributed by atoms with Gasteiger partial charge in [0.1, 0.15) is 5.92 Å². The van der Waals surface area contributed by atoms with Gasteiger partial charge in [0.15, 0.2) is 5.76 Å². The third-order valence-electron chi connectivity index (χ3n) is 3.02. The van der Waals surface area contributed by atoms with E-state index in [4.69, 9.17) is 9.68 Å². The van der Waals surface area contributed by atoms with E-state index in [0.717, 1.165) is 12.1 Å². The molecule has 0 N–H and O–H groups in total. The van der Waals surface area contributed by atoms with Crippen LogP contribution in [0.1, 0.15) is 33.2 Å². The Morgan fingerprint density at radius 1 is 1.33 bits per heavy atom. The largest absolute Gasteiger partial charge is 0.461 e. The quantitative estimate of drug-likeness (QED) is 0.801. The Hall–Kier alpha value is -2.55. The standard InChI is InChI=1S/C15H10F3NO2/c1-9-5-6-21-14(9)13(20)12(8-19)10-3-2-4-11(7-10)15(16,17)18/h2-7,12H,1H3. The van der Waals surface area contributed by atoms with Gasteiger partial charge in [0.25, 0.3) is 0 Å². The third-order valence-corrected chi connectivity index (χ3v) is 3.02. The molecule has 2 rings (SSSR count). The van der Waals surface area contributed by atoms with Crippen molar-refractivity contribution in [3.05, 3.63) is 59.0 Å². The van der Waals surface area contributed by atoms with Gasteiger partial charge in [0.2, 0.25) is 5.78 Å². The molecule has 0 amide bonds. The second kappa shape index (κ2) is 5.44. The average molecular weight is 293 g/mol. The molecule has 0 radical (unpaired) electrons. The van der Waals surface area contributed by atoms with Crippen molar-refractivity contribution in [3.63, 3.8) is 0 Å². The lowest BCUT2D eigenvalue weighted by molar-refractivity contribution is -0.137. The van der Waals surface area contributed by atoms with Gasteiger partial charge in [0.05, 0.1) is 17.9 Å². The minimum absolute atomic E-state index is 0.00637. The Bertz CT molecular complexity index is 710. The van der Waals surface area contributed by atoms with Crippen LogP contribution in [-0.4, -0.2) is 5.78 Å². The van der Waals surface area contributed by atoms with Gasteiger partial charge < -0.3 is 4.42 Å². The van der Waals surface area contributed by atoms with Gasteiger partial charge >= 0.3 is 6.18 Å². The lowest BCUT2D eigenvalue weighted by atomic mass is 9.92. The molecular formula is C15H10F3NO2. The fraction of sp³-hybridized carbons (Fsp3) is 0.200. The number of hydrogen-bond acceptors (Lipinski definition) is 3. The van der Waals surface area contributed by atoms with E-state index in [2.05, 4.69) is 0 Å².